The monoisotopic (exact) mass is 331 g/mol. The Morgan fingerprint density at radius 3 is 2.78 bits per heavy atom. The van der Waals surface area contributed by atoms with E-state index in [1.807, 2.05) is 43.3 Å². The van der Waals surface area contributed by atoms with E-state index in [0.717, 1.165) is 22.3 Å². The molecule has 0 saturated carbocycles. The first kappa shape index (κ1) is 17.3. The number of amides is 2. The van der Waals surface area contributed by atoms with E-state index in [0.29, 0.717) is 6.54 Å². The summed E-state index contributed by atoms with van der Waals surface area (Å²) in [5, 5.41) is 7.32. The van der Waals surface area contributed by atoms with Gasteiger partial charge in [-0.3, -0.25) is 9.59 Å². The van der Waals surface area contributed by atoms with Crippen molar-refractivity contribution in [3.05, 3.63) is 36.4 Å². The summed E-state index contributed by atoms with van der Waals surface area (Å²) in [4.78, 5) is 28.1. The summed E-state index contributed by atoms with van der Waals surface area (Å²) in [5.41, 5.74) is 0.908. The molecule has 2 N–H and O–H groups in total. The SMILES string of the molecule is CCCNC(=O)[C@@H](C)NC(=O)CSc1ccc2ccccc2n1. The number of thioether (sulfide) groups is 1. The molecule has 2 aromatic rings. The Hall–Kier alpha value is -2.08. The van der Waals surface area contributed by atoms with Crippen LogP contribution in [0, 0.1) is 0 Å². The van der Waals surface area contributed by atoms with Crippen LogP contribution in [0.2, 0.25) is 0 Å². The summed E-state index contributed by atoms with van der Waals surface area (Å²) in [7, 11) is 0. The normalized spacial score (nSPS) is 11.9. The first-order chi connectivity index (χ1) is 11.1. The Morgan fingerprint density at radius 1 is 1.22 bits per heavy atom. The Morgan fingerprint density at radius 2 is 2.00 bits per heavy atom. The van der Waals surface area contributed by atoms with Crippen LogP contribution in [0.1, 0.15) is 20.3 Å². The van der Waals surface area contributed by atoms with Gasteiger partial charge in [-0.1, -0.05) is 43.0 Å². The number of benzene rings is 1. The van der Waals surface area contributed by atoms with Crippen LogP contribution in [0.15, 0.2) is 41.4 Å². The van der Waals surface area contributed by atoms with Gasteiger partial charge in [0.2, 0.25) is 11.8 Å². The number of fused-ring (bicyclic) bond motifs is 1. The van der Waals surface area contributed by atoms with Crippen molar-refractivity contribution in [1.29, 1.82) is 0 Å². The maximum Gasteiger partial charge on any atom is 0.242 e. The van der Waals surface area contributed by atoms with Gasteiger partial charge in [0.15, 0.2) is 0 Å². The van der Waals surface area contributed by atoms with Crippen LogP contribution in [-0.4, -0.2) is 35.1 Å². The van der Waals surface area contributed by atoms with Crippen molar-refractivity contribution in [2.45, 2.75) is 31.3 Å². The average Bonchev–Trinajstić information content (AvgIpc) is 2.57. The predicted molar refractivity (Wildman–Crippen MR) is 93.4 cm³/mol. The molecule has 0 aliphatic rings. The Balaban J connectivity index is 1.84. The van der Waals surface area contributed by atoms with E-state index in [-0.39, 0.29) is 17.6 Å². The van der Waals surface area contributed by atoms with Crippen LogP contribution in [0.3, 0.4) is 0 Å². The average molecular weight is 331 g/mol. The largest absolute Gasteiger partial charge is 0.354 e. The number of pyridine rings is 1. The molecule has 6 heteroatoms. The minimum atomic E-state index is -0.529. The highest BCUT2D eigenvalue weighted by molar-refractivity contribution is 7.99. The van der Waals surface area contributed by atoms with Gasteiger partial charge in [-0.2, -0.15) is 0 Å². The zero-order valence-electron chi connectivity index (χ0n) is 13.3. The zero-order chi connectivity index (χ0) is 16.7. The first-order valence-corrected chi connectivity index (χ1v) is 8.64. The second kappa shape index (κ2) is 8.53. The number of carbonyl (C=O) groups is 2. The first-order valence-electron chi connectivity index (χ1n) is 7.66. The molecule has 1 aromatic carbocycles. The number of para-hydroxylation sites is 1. The topological polar surface area (TPSA) is 71.1 Å². The smallest absolute Gasteiger partial charge is 0.242 e. The highest BCUT2D eigenvalue weighted by Gasteiger charge is 2.15. The number of nitrogens with one attached hydrogen (secondary N) is 2. The third-order valence-corrected chi connectivity index (χ3v) is 4.17. The highest BCUT2D eigenvalue weighted by atomic mass is 32.2. The van der Waals surface area contributed by atoms with Crippen molar-refractivity contribution in [2.75, 3.05) is 12.3 Å². The van der Waals surface area contributed by atoms with Crippen molar-refractivity contribution in [2.24, 2.45) is 0 Å². The maximum absolute atomic E-state index is 11.9. The number of hydrogen-bond acceptors (Lipinski definition) is 4. The van der Waals surface area contributed by atoms with Gasteiger partial charge in [0.05, 0.1) is 16.3 Å². The Kier molecular flexibility index (Phi) is 6.40. The van der Waals surface area contributed by atoms with E-state index in [4.69, 9.17) is 0 Å². The summed E-state index contributed by atoms with van der Waals surface area (Å²) < 4.78 is 0. The van der Waals surface area contributed by atoms with Gasteiger partial charge in [0, 0.05) is 11.9 Å². The summed E-state index contributed by atoms with van der Waals surface area (Å²) in [6.07, 6.45) is 0.871. The molecular formula is C17H21N3O2S. The fraction of sp³-hybridized carbons (Fsp3) is 0.353. The molecule has 0 unspecified atom stereocenters. The molecular weight excluding hydrogens is 310 g/mol. The van der Waals surface area contributed by atoms with Crippen LogP contribution in [0.5, 0.6) is 0 Å². The van der Waals surface area contributed by atoms with E-state index in [1.54, 1.807) is 6.92 Å². The van der Waals surface area contributed by atoms with Gasteiger partial charge in [-0.15, -0.1) is 0 Å². The van der Waals surface area contributed by atoms with Gasteiger partial charge in [0.25, 0.3) is 0 Å². The molecule has 0 aliphatic carbocycles. The van der Waals surface area contributed by atoms with Crippen molar-refractivity contribution < 1.29 is 9.59 Å². The van der Waals surface area contributed by atoms with Crippen molar-refractivity contribution in [3.8, 4) is 0 Å². The maximum atomic E-state index is 11.9. The van der Waals surface area contributed by atoms with Crippen molar-refractivity contribution in [3.63, 3.8) is 0 Å². The standard InChI is InChI=1S/C17H21N3O2S/c1-3-10-18-17(22)12(2)19-15(21)11-23-16-9-8-13-6-4-5-7-14(13)20-16/h4-9,12H,3,10-11H2,1-2H3,(H,18,22)(H,19,21)/t12-/m1/s1. The molecule has 0 saturated heterocycles. The molecule has 2 rings (SSSR count). The molecule has 0 bridgehead atoms. The summed E-state index contributed by atoms with van der Waals surface area (Å²) in [5.74, 6) is -0.102. The van der Waals surface area contributed by atoms with E-state index >= 15 is 0 Å². The molecule has 1 atom stereocenters. The third kappa shape index (κ3) is 5.25. The molecule has 5 nitrogen and oxygen atoms in total. The Labute approximate surface area is 140 Å². The molecule has 0 radical (unpaired) electrons. The van der Waals surface area contributed by atoms with Gasteiger partial charge in [-0.05, 0) is 25.5 Å². The van der Waals surface area contributed by atoms with E-state index in [2.05, 4.69) is 15.6 Å². The molecule has 23 heavy (non-hydrogen) atoms. The molecule has 2 amide bonds. The van der Waals surface area contributed by atoms with Gasteiger partial charge in [0.1, 0.15) is 6.04 Å². The quantitative estimate of drug-likeness (QED) is 0.764. The third-order valence-electron chi connectivity index (χ3n) is 3.24. The second-order valence-corrected chi connectivity index (χ2v) is 6.21. The summed E-state index contributed by atoms with van der Waals surface area (Å²) >= 11 is 1.36. The van der Waals surface area contributed by atoms with Crippen LogP contribution < -0.4 is 10.6 Å². The fourth-order valence-corrected chi connectivity index (χ4v) is 2.71. The van der Waals surface area contributed by atoms with Crippen molar-refractivity contribution >= 4 is 34.5 Å². The van der Waals surface area contributed by atoms with Gasteiger partial charge in [-0.25, -0.2) is 4.98 Å². The van der Waals surface area contributed by atoms with E-state index < -0.39 is 6.04 Å². The van der Waals surface area contributed by atoms with Crippen LogP contribution in [-0.2, 0) is 9.59 Å². The molecule has 0 spiro atoms. The fourth-order valence-electron chi connectivity index (χ4n) is 2.02. The summed E-state index contributed by atoms with van der Waals surface area (Å²) in [6.45, 7) is 4.29. The number of nitrogens with zero attached hydrogens (tertiary/aromatic N) is 1. The lowest BCUT2D eigenvalue weighted by atomic mass is 10.2. The molecule has 122 valence electrons. The number of carbonyl (C=O) groups excluding carboxylic acids is 2. The summed E-state index contributed by atoms with van der Waals surface area (Å²) in [6, 6.07) is 11.2. The molecule has 0 aliphatic heterocycles. The van der Waals surface area contributed by atoms with Crippen LogP contribution >= 0.6 is 11.8 Å². The number of hydrogen-bond donors (Lipinski definition) is 2. The zero-order valence-corrected chi connectivity index (χ0v) is 14.2. The number of rotatable bonds is 7. The predicted octanol–water partition coefficient (Wildman–Crippen LogP) is 2.36. The Bertz CT molecular complexity index is 690. The lowest BCUT2D eigenvalue weighted by Gasteiger charge is -2.13. The minimum absolute atomic E-state index is 0.158. The minimum Gasteiger partial charge on any atom is -0.354 e. The lowest BCUT2D eigenvalue weighted by Crippen LogP contribution is -2.45. The van der Waals surface area contributed by atoms with Crippen LogP contribution in [0.4, 0.5) is 0 Å². The van der Waals surface area contributed by atoms with Crippen LogP contribution in [0.25, 0.3) is 10.9 Å². The van der Waals surface area contributed by atoms with Gasteiger partial charge < -0.3 is 10.6 Å². The molecule has 0 fully saturated rings. The molecule has 1 aromatic heterocycles. The molecule has 1 heterocycles. The van der Waals surface area contributed by atoms with Gasteiger partial charge >= 0.3 is 0 Å². The van der Waals surface area contributed by atoms with E-state index in [1.165, 1.54) is 11.8 Å². The van der Waals surface area contributed by atoms with E-state index in [9.17, 15) is 9.59 Å². The second-order valence-electron chi connectivity index (χ2n) is 5.21. The lowest BCUT2D eigenvalue weighted by molar-refractivity contribution is -0.127. The number of aromatic nitrogens is 1. The highest BCUT2D eigenvalue weighted by Crippen LogP contribution is 2.19. The van der Waals surface area contributed by atoms with Crippen molar-refractivity contribution in [1.82, 2.24) is 15.6 Å².